The molecule has 0 aliphatic heterocycles. The highest BCUT2D eigenvalue weighted by molar-refractivity contribution is 6.30. The number of ether oxygens (including phenoxy) is 1. The van der Waals surface area contributed by atoms with Gasteiger partial charge in [0.15, 0.2) is 6.54 Å². The molecule has 1 amide bonds. The third-order valence-corrected chi connectivity index (χ3v) is 3.68. The summed E-state index contributed by atoms with van der Waals surface area (Å²) >= 11 is 5.85. The van der Waals surface area contributed by atoms with E-state index >= 15 is 0 Å². The number of alkyl halides is 2. The maximum Gasteiger partial charge on any atom is 0.387 e. The number of benzene rings is 2. The molecule has 0 bridgehead atoms. The largest absolute Gasteiger partial charge is 0.433 e. The molecule has 0 heterocycles. The van der Waals surface area contributed by atoms with Crippen molar-refractivity contribution >= 4 is 23.2 Å². The smallest absolute Gasteiger partial charge is 0.387 e. The molecule has 1 atom stereocenters. The molecule has 0 aromatic heterocycles. The minimum Gasteiger partial charge on any atom is -0.433 e. The molecule has 0 spiro atoms. The summed E-state index contributed by atoms with van der Waals surface area (Å²) in [7, 11) is 0. The third kappa shape index (κ3) is 5.47. The van der Waals surface area contributed by atoms with Gasteiger partial charge in [0.05, 0.1) is 5.69 Å². The molecule has 4 nitrogen and oxygen atoms in total. The van der Waals surface area contributed by atoms with E-state index in [1.807, 2.05) is 24.4 Å². The lowest BCUT2D eigenvalue weighted by Gasteiger charge is -2.13. The Kier molecular flexibility index (Phi) is 6.52. The quantitative estimate of drug-likeness (QED) is 0.801. The molecule has 0 aliphatic carbocycles. The van der Waals surface area contributed by atoms with Crippen molar-refractivity contribution in [2.45, 2.75) is 19.6 Å². The van der Waals surface area contributed by atoms with Crippen molar-refractivity contribution in [3.05, 3.63) is 59.1 Å². The minimum atomic E-state index is -2.94. The van der Waals surface area contributed by atoms with E-state index in [-0.39, 0.29) is 29.9 Å². The van der Waals surface area contributed by atoms with Gasteiger partial charge in [0.25, 0.3) is 5.91 Å². The molecule has 128 valence electrons. The lowest BCUT2D eigenvalue weighted by molar-refractivity contribution is -0.682. The van der Waals surface area contributed by atoms with Crippen molar-refractivity contribution in [2.24, 2.45) is 0 Å². The van der Waals surface area contributed by atoms with Crippen LogP contribution in [-0.2, 0) is 4.79 Å². The van der Waals surface area contributed by atoms with Gasteiger partial charge in [-0.25, -0.2) is 0 Å². The third-order valence-electron chi connectivity index (χ3n) is 3.43. The summed E-state index contributed by atoms with van der Waals surface area (Å²) < 4.78 is 29.1. The number of carbonyl (C=O) groups excluding carboxylic acids is 1. The number of para-hydroxylation sites is 2. The standard InChI is InChI=1S/C17H17ClF2N2O2/c1-11(12-6-8-13(18)9-7-12)21-10-16(23)22-14-4-2-3-5-15(14)24-17(19)20/h2-9,11,17,21H,10H2,1H3,(H,22,23)/p+1/t11-/m0/s1. The fourth-order valence-electron chi connectivity index (χ4n) is 2.16. The zero-order valence-corrected chi connectivity index (χ0v) is 13.8. The van der Waals surface area contributed by atoms with Gasteiger partial charge in [0.1, 0.15) is 11.8 Å². The number of amides is 1. The van der Waals surface area contributed by atoms with Gasteiger partial charge in [-0.05, 0) is 31.2 Å². The van der Waals surface area contributed by atoms with Crippen LogP contribution in [0.4, 0.5) is 14.5 Å². The van der Waals surface area contributed by atoms with Crippen LogP contribution in [0.15, 0.2) is 48.5 Å². The predicted octanol–water partition coefficient (Wildman–Crippen LogP) is 3.20. The zero-order chi connectivity index (χ0) is 17.5. The summed E-state index contributed by atoms with van der Waals surface area (Å²) in [6, 6.07) is 13.5. The molecule has 2 aromatic carbocycles. The summed E-state index contributed by atoms with van der Waals surface area (Å²) in [6.45, 7) is -0.837. The Labute approximate surface area is 143 Å². The number of rotatable bonds is 7. The second kappa shape index (κ2) is 8.61. The first-order valence-electron chi connectivity index (χ1n) is 7.38. The van der Waals surface area contributed by atoms with E-state index in [4.69, 9.17) is 11.6 Å². The van der Waals surface area contributed by atoms with E-state index in [2.05, 4.69) is 10.1 Å². The van der Waals surface area contributed by atoms with Crippen LogP contribution < -0.4 is 15.4 Å². The molecule has 0 saturated carbocycles. The van der Waals surface area contributed by atoms with E-state index in [0.29, 0.717) is 5.02 Å². The predicted molar refractivity (Wildman–Crippen MR) is 88.4 cm³/mol. The van der Waals surface area contributed by atoms with E-state index in [1.54, 1.807) is 24.3 Å². The van der Waals surface area contributed by atoms with Crippen molar-refractivity contribution in [3.8, 4) is 5.75 Å². The van der Waals surface area contributed by atoms with Crippen molar-refractivity contribution in [2.75, 3.05) is 11.9 Å². The van der Waals surface area contributed by atoms with Crippen LogP contribution in [0.5, 0.6) is 5.75 Å². The van der Waals surface area contributed by atoms with Gasteiger partial charge >= 0.3 is 6.61 Å². The Bertz CT molecular complexity index is 681. The van der Waals surface area contributed by atoms with Gasteiger partial charge in [0, 0.05) is 10.6 Å². The molecular formula is C17H18ClF2N2O2+. The first-order valence-corrected chi connectivity index (χ1v) is 7.76. The first kappa shape index (κ1) is 18.2. The summed E-state index contributed by atoms with van der Waals surface area (Å²) in [5.41, 5.74) is 1.25. The van der Waals surface area contributed by atoms with Crippen LogP contribution in [0.25, 0.3) is 0 Å². The summed E-state index contributed by atoms with van der Waals surface area (Å²) in [4.78, 5) is 12.0. The fraction of sp³-hybridized carbons (Fsp3) is 0.235. The molecule has 0 unspecified atom stereocenters. The maximum absolute atomic E-state index is 12.4. The number of nitrogens with one attached hydrogen (secondary N) is 1. The van der Waals surface area contributed by atoms with Crippen LogP contribution >= 0.6 is 11.6 Å². The zero-order valence-electron chi connectivity index (χ0n) is 13.0. The van der Waals surface area contributed by atoms with Crippen molar-refractivity contribution in [1.82, 2.24) is 0 Å². The Balaban J connectivity index is 1.90. The Morgan fingerprint density at radius 2 is 1.88 bits per heavy atom. The lowest BCUT2D eigenvalue weighted by Crippen LogP contribution is -2.86. The van der Waals surface area contributed by atoms with Crippen molar-refractivity contribution in [3.63, 3.8) is 0 Å². The van der Waals surface area contributed by atoms with Gasteiger partial charge in [-0.2, -0.15) is 8.78 Å². The Hall–Kier alpha value is -2.18. The van der Waals surface area contributed by atoms with Crippen LogP contribution in [0.1, 0.15) is 18.5 Å². The lowest BCUT2D eigenvalue weighted by atomic mass is 10.1. The highest BCUT2D eigenvalue weighted by Crippen LogP contribution is 2.25. The number of quaternary nitrogens is 1. The topological polar surface area (TPSA) is 54.9 Å². The van der Waals surface area contributed by atoms with Crippen LogP contribution in [0, 0.1) is 0 Å². The van der Waals surface area contributed by atoms with Crippen LogP contribution in [0.3, 0.4) is 0 Å². The van der Waals surface area contributed by atoms with Crippen LogP contribution in [-0.4, -0.2) is 19.1 Å². The van der Waals surface area contributed by atoms with Crippen molar-refractivity contribution < 1.29 is 23.6 Å². The van der Waals surface area contributed by atoms with Gasteiger partial charge in [-0.3, -0.25) is 4.79 Å². The highest BCUT2D eigenvalue weighted by Gasteiger charge is 2.14. The average Bonchev–Trinajstić information content (AvgIpc) is 2.54. The molecule has 2 rings (SSSR count). The number of anilines is 1. The molecule has 24 heavy (non-hydrogen) atoms. The maximum atomic E-state index is 12.4. The summed E-state index contributed by atoms with van der Waals surface area (Å²) in [5, 5.41) is 5.08. The Morgan fingerprint density at radius 3 is 2.54 bits per heavy atom. The number of nitrogens with two attached hydrogens (primary N) is 1. The normalized spacial score (nSPS) is 12.0. The molecular weight excluding hydrogens is 338 g/mol. The molecule has 0 aliphatic rings. The SMILES string of the molecule is C[C@H]([NH2+]CC(=O)Nc1ccccc1OC(F)F)c1ccc(Cl)cc1. The molecule has 3 N–H and O–H groups in total. The first-order chi connectivity index (χ1) is 11.5. The van der Waals surface area contributed by atoms with E-state index < -0.39 is 6.61 Å². The molecule has 0 radical (unpaired) electrons. The van der Waals surface area contributed by atoms with Crippen molar-refractivity contribution in [1.29, 1.82) is 0 Å². The van der Waals surface area contributed by atoms with E-state index in [1.165, 1.54) is 12.1 Å². The minimum absolute atomic E-state index is 0.0561. The fourth-order valence-corrected chi connectivity index (χ4v) is 2.28. The average molecular weight is 356 g/mol. The molecule has 2 aromatic rings. The van der Waals surface area contributed by atoms with Crippen LogP contribution in [0.2, 0.25) is 5.02 Å². The monoisotopic (exact) mass is 355 g/mol. The second-order valence-corrected chi connectivity index (χ2v) is 5.64. The molecule has 0 fully saturated rings. The number of hydrogen-bond acceptors (Lipinski definition) is 2. The van der Waals surface area contributed by atoms with Gasteiger partial charge < -0.3 is 15.4 Å². The van der Waals surface area contributed by atoms with E-state index in [0.717, 1.165) is 5.56 Å². The summed E-state index contributed by atoms with van der Waals surface area (Å²) in [5.74, 6) is -0.368. The van der Waals surface area contributed by atoms with E-state index in [9.17, 15) is 13.6 Å². The molecule has 0 saturated heterocycles. The molecule has 7 heteroatoms. The number of carbonyl (C=O) groups is 1. The second-order valence-electron chi connectivity index (χ2n) is 5.20. The summed E-state index contributed by atoms with van der Waals surface area (Å²) in [6.07, 6.45) is 0. The Morgan fingerprint density at radius 1 is 1.21 bits per heavy atom. The number of hydrogen-bond donors (Lipinski definition) is 2. The van der Waals surface area contributed by atoms with Gasteiger partial charge in [-0.1, -0.05) is 35.9 Å². The van der Waals surface area contributed by atoms with Gasteiger partial charge in [0.2, 0.25) is 0 Å². The van der Waals surface area contributed by atoms with Gasteiger partial charge in [-0.15, -0.1) is 0 Å². The number of halogens is 3. The highest BCUT2D eigenvalue weighted by atomic mass is 35.5.